The van der Waals surface area contributed by atoms with Crippen molar-refractivity contribution >= 4 is 11.8 Å². The number of ether oxygens (including phenoxy) is 3. The molecule has 0 saturated heterocycles. The molecule has 1 atom stereocenters. The fourth-order valence-corrected chi connectivity index (χ4v) is 2.52. The molecule has 5 nitrogen and oxygen atoms in total. The van der Waals surface area contributed by atoms with E-state index in [9.17, 15) is 18.4 Å². The smallest absolute Gasteiger partial charge is 0.326 e. The van der Waals surface area contributed by atoms with Gasteiger partial charge in [-0.1, -0.05) is 0 Å². The second-order valence-corrected chi connectivity index (χ2v) is 4.63. The average molecular weight is 300 g/mol. The van der Waals surface area contributed by atoms with E-state index >= 15 is 0 Å². The molecule has 1 aromatic rings. The highest BCUT2D eigenvalue weighted by Gasteiger charge is 2.60. The summed E-state index contributed by atoms with van der Waals surface area (Å²) in [5, 5.41) is 0. The van der Waals surface area contributed by atoms with Crippen molar-refractivity contribution in [3.05, 3.63) is 23.3 Å². The monoisotopic (exact) mass is 300 g/mol. The highest BCUT2D eigenvalue weighted by atomic mass is 19.3. The second kappa shape index (κ2) is 5.31. The number of ketones is 1. The number of methoxy groups -OCH3 is 3. The highest BCUT2D eigenvalue weighted by Crippen LogP contribution is 2.47. The number of rotatable bonds is 4. The number of benzene rings is 1. The van der Waals surface area contributed by atoms with Crippen LogP contribution >= 0.6 is 0 Å². The van der Waals surface area contributed by atoms with Gasteiger partial charge in [-0.15, -0.1) is 0 Å². The number of fused-ring (bicyclic) bond motifs is 1. The summed E-state index contributed by atoms with van der Waals surface area (Å²) in [5.41, 5.74) is -2.26. The van der Waals surface area contributed by atoms with E-state index in [1.165, 1.54) is 26.4 Å². The molecular weight excluding hydrogens is 286 g/mol. The van der Waals surface area contributed by atoms with Gasteiger partial charge in [0.25, 0.3) is 6.43 Å². The Bertz CT molecular complexity index is 599. The van der Waals surface area contributed by atoms with E-state index < -0.39 is 30.0 Å². The molecular formula is C14H14F2O5. The van der Waals surface area contributed by atoms with Gasteiger partial charge in [0.2, 0.25) is 0 Å². The molecule has 0 N–H and O–H groups in total. The molecule has 1 aromatic carbocycles. The molecule has 0 fully saturated rings. The highest BCUT2D eigenvalue weighted by molar-refractivity contribution is 6.17. The normalized spacial score (nSPS) is 20.4. The Morgan fingerprint density at radius 1 is 1.24 bits per heavy atom. The SMILES string of the molecule is COC(=O)C1(C(F)F)Cc2c(OC)cc(OC)cc2C1=O. The van der Waals surface area contributed by atoms with Crippen LogP contribution < -0.4 is 9.47 Å². The lowest BCUT2D eigenvalue weighted by Gasteiger charge is -2.22. The van der Waals surface area contributed by atoms with Crippen LogP contribution in [0.5, 0.6) is 11.5 Å². The van der Waals surface area contributed by atoms with E-state index in [4.69, 9.17) is 9.47 Å². The van der Waals surface area contributed by atoms with Gasteiger partial charge in [-0.25, -0.2) is 8.78 Å². The summed E-state index contributed by atoms with van der Waals surface area (Å²) in [4.78, 5) is 24.2. The molecule has 0 aromatic heterocycles. The predicted octanol–water partition coefficient (Wildman–Crippen LogP) is 1.87. The van der Waals surface area contributed by atoms with Crippen LogP contribution in [0.1, 0.15) is 15.9 Å². The van der Waals surface area contributed by atoms with Gasteiger partial charge in [0.05, 0.1) is 21.3 Å². The van der Waals surface area contributed by atoms with Crippen LogP contribution in [0.15, 0.2) is 12.1 Å². The molecule has 7 heteroatoms. The van der Waals surface area contributed by atoms with Gasteiger partial charge >= 0.3 is 5.97 Å². The Morgan fingerprint density at radius 2 is 1.90 bits per heavy atom. The molecule has 2 rings (SSSR count). The van der Waals surface area contributed by atoms with Crippen LogP contribution in [0.2, 0.25) is 0 Å². The number of hydrogen-bond donors (Lipinski definition) is 0. The summed E-state index contributed by atoms with van der Waals surface area (Å²) in [5.74, 6) is -1.71. The first-order chi connectivity index (χ1) is 9.92. The number of hydrogen-bond acceptors (Lipinski definition) is 5. The number of esters is 1. The molecule has 1 aliphatic rings. The van der Waals surface area contributed by atoms with Crippen molar-refractivity contribution in [1.82, 2.24) is 0 Å². The van der Waals surface area contributed by atoms with Crippen LogP contribution in [0.4, 0.5) is 8.78 Å². The van der Waals surface area contributed by atoms with Gasteiger partial charge in [-0.05, 0) is 6.07 Å². The van der Waals surface area contributed by atoms with Gasteiger partial charge in [0.1, 0.15) is 11.5 Å². The summed E-state index contributed by atoms with van der Waals surface area (Å²) in [7, 11) is 3.70. The standard InChI is InChI=1S/C14H14F2O5/c1-19-7-4-8-9(10(5-7)20-2)6-14(11(8)17,12(15)16)13(18)21-3/h4-5,12H,6H2,1-3H3. The largest absolute Gasteiger partial charge is 0.497 e. The molecule has 0 heterocycles. The van der Waals surface area contributed by atoms with Gasteiger partial charge < -0.3 is 14.2 Å². The van der Waals surface area contributed by atoms with Crippen molar-refractivity contribution in [3.63, 3.8) is 0 Å². The van der Waals surface area contributed by atoms with Gasteiger partial charge in [-0.3, -0.25) is 9.59 Å². The maximum absolute atomic E-state index is 13.5. The quantitative estimate of drug-likeness (QED) is 0.627. The zero-order chi connectivity index (χ0) is 15.8. The molecule has 0 amide bonds. The molecule has 1 aliphatic carbocycles. The third-order valence-corrected chi connectivity index (χ3v) is 3.67. The second-order valence-electron chi connectivity index (χ2n) is 4.63. The molecule has 0 saturated carbocycles. The summed E-state index contributed by atoms with van der Waals surface area (Å²) < 4.78 is 41.5. The van der Waals surface area contributed by atoms with Crippen LogP contribution in [0.3, 0.4) is 0 Å². The summed E-state index contributed by atoms with van der Waals surface area (Å²) >= 11 is 0. The zero-order valence-corrected chi connectivity index (χ0v) is 11.7. The summed E-state index contributed by atoms with van der Waals surface area (Å²) in [6.07, 6.45) is -3.64. The van der Waals surface area contributed by atoms with E-state index in [0.717, 1.165) is 7.11 Å². The van der Waals surface area contributed by atoms with Crippen molar-refractivity contribution in [2.45, 2.75) is 12.8 Å². The number of carbonyl (C=O) groups excluding carboxylic acids is 2. The zero-order valence-electron chi connectivity index (χ0n) is 11.7. The van der Waals surface area contributed by atoms with Gasteiger partial charge in [-0.2, -0.15) is 0 Å². The first-order valence-electron chi connectivity index (χ1n) is 6.08. The number of halogens is 2. The Morgan fingerprint density at radius 3 is 2.38 bits per heavy atom. The fraction of sp³-hybridized carbons (Fsp3) is 0.429. The van der Waals surface area contributed by atoms with Crippen LogP contribution in [0.25, 0.3) is 0 Å². The van der Waals surface area contributed by atoms with E-state index in [-0.39, 0.29) is 22.6 Å². The Hall–Kier alpha value is -2.18. The van der Waals surface area contributed by atoms with Crippen molar-refractivity contribution < 1.29 is 32.6 Å². The van der Waals surface area contributed by atoms with Crippen LogP contribution in [-0.4, -0.2) is 39.5 Å². The molecule has 0 bridgehead atoms. The molecule has 1 unspecified atom stereocenters. The number of carbonyl (C=O) groups is 2. The first kappa shape index (κ1) is 15.2. The van der Waals surface area contributed by atoms with E-state index in [1.807, 2.05) is 0 Å². The molecule has 0 aliphatic heterocycles. The molecule has 0 spiro atoms. The Balaban J connectivity index is 2.64. The molecule has 21 heavy (non-hydrogen) atoms. The predicted molar refractivity (Wildman–Crippen MR) is 68.0 cm³/mol. The maximum Gasteiger partial charge on any atom is 0.326 e. The number of alkyl halides is 2. The minimum atomic E-state index is -3.18. The Labute approximate surface area is 119 Å². The topological polar surface area (TPSA) is 61.8 Å². The summed E-state index contributed by atoms with van der Waals surface area (Å²) in [6, 6.07) is 2.80. The van der Waals surface area contributed by atoms with Crippen molar-refractivity contribution in [1.29, 1.82) is 0 Å². The average Bonchev–Trinajstić information content (AvgIpc) is 2.79. The third kappa shape index (κ3) is 2.03. The van der Waals surface area contributed by atoms with Crippen LogP contribution in [-0.2, 0) is 16.0 Å². The van der Waals surface area contributed by atoms with Gasteiger partial charge in [0, 0.05) is 23.6 Å². The van der Waals surface area contributed by atoms with Crippen molar-refractivity contribution in [2.24, 2.45) is 5.41 Å². The minimum absolute atomic E-state index is 0.00287. The fourth-order valence-electron chi connectivity index (χ4n) is 2.52. The lowest BCUT2D eigenvalue weighted by molar-refractivity contribution is -0.157. The van der Waals surface area contributed by atoms with E-state index in [2.05, 4.69) is 4.74 Å². The summed E-state index contributed by atoms with van der Waals surface area (Å²) in [6.45, 7) is 0. The lowest BCUT2D eigenvalue weighted by atomic mass is 9.84. The van der Waals surface area contributed by atoms with Crippen molar-refractivity contribution in [3.8, 4) is 11.5 Å². The Kier molecular flexibility index (Phi) is 3.85. The molecule has 114 valence electrons. The van der Waals surface area contributed by atoms with E-state index in [1.54, 1.807) is 0 Å². The molecule has 0 radical (unpaired) electrons. The maximum atomic E-state index is 13.5. The van der Waals surface area contributed by atoms with Crippen LogP contribution in [0, 0.1) is 5.41 Å². The number of Topliss-reactive ketones (excluding diaryl/α,β-unsaturated/α-hetero) is 1. The first-order valence-corrected chi connectivity index (χ1v) is 6.08. The van der Waals surface area contributed by atoms with Gasteiger partial charge in [0.15, 0.2) is 11.2 Å². The third-order valence-electron chi connectivity index (χ3n) is 3.67. The van der Waals surface area contributed by atoms with Crippen molar-refractivity contribution in [2.75, 3.05) is 21.3 Å². The van der Waals surface area contributed by atoms with E-state index in [0.29, 0.717) is 0 Å². The minimum Gasteiger partial charge on any atom is -0.497 e. The lowest BCUT2D eigenvalue weighted by Crippen LogP contribution is -2.44.